The van der Waals surface area contributed by atoms with Crippen LogP contribution >= 0.6 is 0 Å². The molecule has 0 bridgehead atoms. The van der Waals surface area contributed by atoms with Crippen LogP contribution in [0, 0.1) is 5.82 Å². The van der Waals surface area contributed by atoms with Crippen molar-refractivity contribution >= 4 is 6.03 Å². The van der Waals surface area contributed by atoms with E-state index in [1.54, 1.807) is 17.0 Å². The van der Waals surface area contributed by atoms with Crippen LogP contribution in [0.4, 0.5) is 9.18 Å². The van der Waals surface area contributed by atoms with Crippen molar-refractivity contribution in [1.82, 2.24) is 10.2 Å². The summed E-state index contributed by atoms with van der Waals surface area (Å²) in [7, 11) is 1.43. The number of methoxy groups -OCH3 is 1. The molecule has 0 aromatic heterocycles. The lowest BCUT2D eigenvalue weighted by Gasteiger charge is -2.24. The number of ether oxygens (including phenoxy) is 1. The summed E-state index contributed by atoms with van der Waals surface area (Å²) in [6.45, 7) is 4.81. The number of rotatable bonds is 8. The summed E-state index contributed by atoms with van der Waals surface area (Å²) in [5.41, 5.74) is 1.99. The molecule has 1 atom stereocenters. The molecule has 5 heteroatoms. The van der Waals surface area contributed by atoms with Gasteiger partial charge in [0.1, 0.15) is 0 Å². The summed E-state index contributed by atoms with van der Waals surface area (Å²) in [5, 5.41) is 3.03. The molecule has 0 spiro atoms. The van der Waals surface area contributed by atoms with E-state index >= 15 is 0 Å². The third-order valence-corrected chi connectivity index (χ3v) is 4.34. The zero-order valence-electron chi connectivity index (χ0n) is 15.7. The van der Waals surface area contributed by atoms with Crippen LogP contribution in [-0.2, 0) is 13.0 Å². The molecule has 0 saturated carbocycles. The van der Waals surface area contributed by atoms with Gasteiger partial charge in [-0.25, -0.2) is 9.18 Å². The smallest absolute Gasteiger partial charge is 0.317 e. The number of amides is 2. The molecular weight excluding hydrogens is 331 g/mol. The van der Waals surface area contributed by atoms with Gasteiger partial charge in [-0.3, -0.25) is 0 Å². The highest BCUT2D eigenvalue weighted by molar-refractivity contribution is 5.74. The zero-order chi connectivity index (χ0) is 18.9. The fraction of sp³-hybridized carbons (Fsp3) is 0.381. The second kappa shape index (κ2) is 9.80. The first-order chi connectivity index (χ1) is 12.5. The maximum absolute atomic E-state index is 13.8. The van der Waals surface area contributed by atoms with Crippen LogP contribution in [0.25, 0.3) is 0 Å². The molecule has 26 heavy (non-hydrogen) atoms. The maximum Gasteiger partial charge on any atom is 0.317 e. The van der Waals surface area contributed by atoms with Gasteiger partial charge in [0.2, 0.25) is 0 Å². The number of benzene rings is 2. The van der Waals surface area contributed by atoms with E-state index in [0.717, 1.165) is 18.4 Å². The Bertz CT molecular complexity index is 706. The first kappa shape index (κ1) is 19.8. The second-order valence-electron chi connectivity index (χ2n) is 6.36. The van der Waals surface area contributed by atoms with Crippen molar-refractivity contribution in [3.8, 4) is 5.75 Å². The van der Waals surface area contributed by atoms with Crippen molar-refractivity contribution in [2.24, 2.45) is 0 Å². The van der Waals surface area contributed by atoms with Gasteiger partial charge < -0.3 is 15.0 Å². The molecule has 1 N–H and O–H groups in total. The first-order valence-electron chi connectivity index (χ1n) is 8.95. The Kier molecular flexibility index (Phi) is 7.45. The topological polar surface area (TPSA) is 41.6 Å². The fourth-order valence-electron chi connectivity index (χ4n) is 2.76. The number of nitrogens with zero attached hydrogens (tertiary/aromatic N) is 1. The Morgan fingerprint density at radius 1 is 1.19 bits per heavy atom. The Morgan fingerprint density at radius 2 is 1.92 bits per heavy atom. The number of carbonyl (C=O) groups excluding carboxylic acids is 1. The Balaban J connectivity index is 1.88. The van der Waals surface area contributed by atoms with Gasteiger partial charge in [0.25, 0.3) is 0 Å². The molecule has 1 unspecified atom stereocenters. The van der Waals surface area contributed by atoms with E-state index in [4.69, 9.17) is 4.74 Å². The van der Waals surface area contributed by atoms with Gasteiger partial charge in [-0.15, -0.1) is 0 Å². The summed E-state index contributed by atoms with van der Waals surface area (Å²) in [6, 6.07) is 14.9. The minimum Gasteiger partial charge on any atom is -0.494 e. The van der Waals surface area contributed by atoms with Crippen molar-refractivity contribution in [1.29, 1.82) is 0 Å². The molecule has 2 aromatic rings. The average Bonchev–Trinajstić information content (AvgIpc) is 2.65. The predicted octanol–water partition coefficient (Wildman–Crippen LogP) is 4.39. The van der Waals surface area contributed by atoms with Crippen LogP contribution in [-0.4, -0.2) is 30.6 Å². The van der Waals surface area contributed by atoms with Crippen LogP contribution in [0.2, 0.25) is 0 Å². The lowest BCUT2D eigenvalue weighted by atomic mass is 10.1. The van der Waals surface area contributed by atoms with E-state index in [2.05, 4.69) is 17.4 Å². The van der Waals surface area contributed by atoms with Crippen LogP contribution in [0.5, 0.6) is 5.75 Å². The van der Waals surface area contributed by atoms with Gasteiger partial charge in [0, 0.05) is 19.1 Å². The van der Waals surface area contributed by atoms with Crippen LogP contribution in [0.3, 0.4) is 0 Å². The van der Waals surface area contributed by atoms with Crippen LogP contribution < -0.4 is 10.1 Å². The molecule has 140 valence electrons. The highest BCUT2D eigenvalue weighted by Gasteiger charge is 2.15. The lowest BCUT2D eigenvalue weighted by Crippen LogP contribution is -2.43. The standard InChI is InChI=1S/C21H27FN2O2/c1-4-24(15-18-12-13-20(26-3)19(22)14-18)21(25)23-16(2)10-11-17-8-6-5-7-9-17/h5-9,12-14,16H,4,10-11,15H2,1-3H3,(H,23,25). The van der Waals surface area contributed by atoms with Crippen molar-refractivity contribution in [2.75, 3.05) is 13.7 Å². The normalized spacial score (nSPS) is 11.7. The molecule has 2 aromatic carbocycles. The highest BCUT2D eigenvalue weighted by Crippen LogP contribution is 2.18. The number of nitrogens with one attached hydrogen (secondary N) is 1. The van der Waals surface area contributed by atoms with Gasteiger partial charge in [0.15, 0.2) is 11.6 Å². The summed E-state index contributed by atoms with van der Waals surface area (Å²) in [6.07, 6.45) is 1.78. The highest BCUT2D eigenvalue weighted by atomic mass is 19.1. The summed E-state index contributed by atoms with van der Waals surface area (Å²) >= 11 is 0. The summed E-state index contributed by atoms with van der Waals surface area (Å²) in [4.78, 5) is 14.2. The lowest BCUT2D eigenvalue weighted by molar-refractivity contribution is 0.194. The SMILES string of the molecule is CCN(Cc1ccc(OC)c(F)c1)C(=O)NC(C)CCc1ccccc1. The Morgan fingerprint density at radius 3 is 2.54 bits per heavy atom. The molecule has 2 rings (SSSR count). The summed E-state index contributed by atoms with van der Waals surface area (Å²) in [5.74, 6) is -0.214. The molecule has 0 aliphatic carbocycles. The van der Waals surface area contributed by atoms with Crippen molar-refractivity contribution in [2.45, 2.75) is 39.3 Å². The molecule has 2 amide bonds. The van der Waals surface area contributed by atoms with Crippen LogP contribution in [0.15, 0.2) is 48.5 Å². The number of aryl methyl sites for hydroxylation is 1. The molecule has 0 aliphatic heterocycles. The van der Waals surface area contributed by atoms with Crippen molar-refractivity contribution in [3.05, 3.63) is 65.5 Å². The van der Waals surface area contributed by atoms with E-state index in [1.807, 2.05) is 32.0 Å². The van der Waals surface area contributed by atoms with Crippen molar-refractivity contribution < 1.29 is 13.9 Å². The van der Waals surface area contributed by atoms with Gasteiger partial charge in [-0.2, -0.15) is 0 Å². The van der Waals surface area contributed by atoms with E-state index in [0.29, 0.717) is 13.1 Å². The van der Waals surface area contributed by atoms with Gasteiger partial charge >= 0.3 is 6.03 Å². The monoisotopic (exact) mass is 358 g/mol. The van der Waals surface area contributed by atoms with E-state index in [9.17, 15) is 9.18 Å². The molecule has 4 nitrogen and oxygen atoms in total. The van der Waals surface area contributed by atoms with E-state index < -0.39 is 5.82 Å². The van der Waals surface area contributed by atoms with Gasteiger partial charge in [0.05, 0.1) is 7.11 Å². The largest absolute Gasteiger partial charge is 0.494 e. The number of carbonyl (C=O) groups is 1. The first-order valence-corrected chi connectivity index (χ1v) is 8.95. The minimum absolute atomic E-state index is 0.0596. The molecule has 0 fully saturated rings. The third-order valence-electron chi connectivity index (χ3n) is 4.34. The summed E-state index contributed by atoms with van der Waals surface area (Å²) < 4.78 is 18.8. The number of hydrogen-bond donors (Lipinski definition) is 1. The quantitative estimate of drug-likeness (QED) is 0.760. The zero-order valence-corrected chi connectivity index (χ0v) is 15.7. The number of halogens is 1. The van der Waals surface area contributed by atoms with Crippen LogP contribution in [0.1, 0.15) is 31.4 Å². The average molecular weight is 358 g/mol. The maximum atomic E-state index is 13.8. The molecule has 0 aliphatic rings. The fourth-order valence-corrected chi connectivity index (χ4v) is 2.76. The van der Waals surface area contributed by atoms with E-state index in [-0.39, 0.29) is 17.8 Å². The Labute approximate surface area is 155 Å². The number of hydrogen-bond acceptors (Lipinski definition) is 2. The van der Waals surface area contributed by atoms with Gasteiger partial charge in [-0.05, 0) is 49.9 Å². The molecule has 0 heterocycles. The third kappa shape index (κ3) is 5.76. The minimum atomic E-state index is -0.419. The molecular formula is C21H27FN2O2. The number of urea groups is 1. The second-order valence-corrected chi connectivity index (χ2v) is 6.36. The molecule has 0 radical (unpaired) electrons. The van der Waals surface area contributed by atoms with E-state index in [1.165, 1.54) is 18.7 Å². The molecule has 0 saturated heterocycles. The van der Waals surface area contributed by atoms with Crippen molar-refractivity contribution in [3.63, 3.8) is 0 Å². The predicted molar refractivity (Wildman–Crippen MR) is 102 cm³/mol. The van der Waals surface area contributed by atoms with Gasteiger partial charge in [-0.1, -0.05) is 36.4 Å². The Hall–Kier alpha value is -2.56.